The second kappa shape index (κ2) is 9.86. The van der Waals surface area contributed by atoms with Crippen LogP contribution < -0.4 is 20.1 Å². The maximum atomic E-state index is 12.1. The van der Waals surface area contributed by atoms with Crippen LogP contribution in [-0.4, -0.2) is 41.1 Å². The first-order valence-corrected chi connectivity index (χ1v) is 8.75. The molecule has 2 N–H and O–H groups in total. The number of hydrogen-bond acceptors (Lipinski definition) is 7. The summed E-state index contributed by atoms with van der Waals surface area (Å²) in [5.74, 6) is 1.81. The topological polar surface area (TPSA) is 98.3 Å². The Kier molecular flexibility index (Phi) is 6.73. The van der Waals surface area contributed by atoms with Crippen LogP contribution in [0.1, 0.15) is 16.2 Å². The Morgan fingerprint density at radius 2 is 1.82 bits per heavy atom. The zero-order chi connectivity index (χ0) is 19.6. The number of carbonyl (C=O) groups excluding carboxylic acids is 1. The molecule has 0 aliphatic carbocycles. The standard InChI is InChI=1S/C20H21N5O3/c1-27-16-5-7-17(8-6-16)28-11-10-22-19-14-23-18(13-24-19)20(26)25-12-15-4-2-3-9-21-15/h2-9,13-14H,10-12H2,1H3,(H,22,24)(H,25,26). The summed E-state index contributed by atoms with van der Waals surface area (Å²) in [7, 11) is 1.62. The number of nitrogens with one attached hydrogen (secondary N) is 2. The lowest BCUT2D eigenvalue weighted by Gasteiger charge is -2.09. The van der Waals surface area contributed by atoms with Crippen molar-refractivity contribution in [3.8, 4) is 11.5 Å². The number of rotatable bonds is 9. The summed E-state index contributed by atoms with van der Waals surface area (Å²) in [6.45, 7) is 1.34. The fourth-order valence-corrected chi connectivity index (χ4v) is 2.32. The molecule has 2 heterocycles. The van der Waals surface area contributed by atoms with E-state index in [9.17, 15) is 4.79 Å². The summed E-state index contributed by atoms with van der Waals surface area (Å²) in [6, 6.07) is 12.9. The van der Waals surface area contributed by atoms with Crippen LogP contribution in [0.4, 0.5) is 5.82 Å². The molecule has 0 atom stereocenters. The minimum atomic E-state index is -0.299. The molecule has 2 aromatic heterocycles. The number of aromatic nitrogens is 3. The van der Waals surface area contributed by atoms with Crippen molar-refractivity contribution in [1.29, 1.82) is 0 Å². The first kappa shape index (κ1) is 19.1. The molecule has 0 aliphatic rings. The number of pyridine rings is 1. The van der Waals surface area contributed by atoms with E-state index in [1.165, 1.54) is 12.4 Å². The fourth-order valence-electron chi connectivity index (χ4n) is 2.32. The number of amides is 1. The van der Waals surface area contributed by atoms with Gasteiger partial charge in [-0.05, 0) is 36.4 Å². The van der Waals surface area contributed by atoms with Crippen LogP contribution in [0.2, 0.25) is 0 Å². The normalized spacial score (nSPS) is 10.2. The molecule has 0 fully saturated rings. The summed E-state index contributed by atoms with van der Waals surface area (Å²) in [4.78, 5) is 24.6. The number of hydrogen-bond donors (Lipinski definition) is 2. The monoisotopic (exact) mass is 379 g/mol. The maximum absolute atomic E-state index is 12.1. The van der Waals surface area contributed by atoms with E-state index in [1.807, 2.05) is 42.5 Å². The highest BCUT2D eigenvalue weighted by molar-refractivity contribution is 5.91. The Bertz CT molecular complexity index is 871. The molecular weight excluding hydrogens is 358 g/mol. The van der Waals surface area contributed by atoms with Gasteiger partial charge in [-0.1, -0.05) is 6.07 Å². The van der Waals surface area contributed by atoms with Gasteiger partial charge in [0, 0.05) is 6.20 Å². The Morgan fingerprint density at radius 1 is 1.00 bits per heavy atom. The molecule has 0 saturated carbocycles. The highest BCUT2D eigenvalue weighted by Gasteiger charge is 2.08. The third-order valence-corrected chi connectivity index (χ3v) is 3.78. The van der Waals surface area contributed by atoms with Crippen molar-refractivity contribution in [2.45, 2.75) is 6.54 Å². The van der Waals surface area contributed by atoms with Crippen LogP contribution in [0.5, 0.6) is 11.5 Å². The van der Waals surface area contributed by atoms with Crippen molar-refractivity contribution >= 4 is 11.7 Å². The Hall–Kier alpha value is -3.68. The molecule has 0 radical (unpaired) electrons. The lowest BCUT2D eigenvalue weighted by atomic mass is 10.3. The van der Waals surface area contributed by atoms with E-state index in [-0.39, 0.29) is 11.6 Å². The zero-order valence-electron chi connectivity index (χ0n) is 15.5. The molecule has 3 rings (SSSR count). The number of anilines is 1. The maximum Gasteiger partial charge on any atom is 0.271 e. The predicted octanol–water partition coefficient (Wildman–Crippen LogP) is 2.30. The average molecular weight is 379 g/mol. The molecule has 8 heteroatoms. The molecule has 3 aromatic rings. The van der Waals surface area contributed by atoms with E-state index in [1.54, 1.807) is 13.3 Å². The summed E-state index contributed by atoms with van der Waals surface area (Å²) < 4.78 is 10.7. The quantitative estimate of drug-likeness (QED) is 0.551. The highest BCUT2D eigenvalue weighted by atomic mass is 16.5. The van der Waals surface area contributed by atoms with Gasteiger partial charge in [-0.3, -0.25) is 9.78 Å². The molecular formula is C20H21N5O3. The molecule has 8 nitrogen and oxygen atoms in total. The molecule has 0 aliphatic heterocycles. The van der Waals surface area contributed by atoms with Crippen LogP contribution in [0.15, 0.2) is 61.1 Å². The smallest absolute Gasteiger partial charge is 0.271 e. The Balaban J connectivity index is 1.40. The number of methoxy groups -OCH3 is 1. The third-order valence-electron chi connectivity index (χ3n) is 3.78. The van der Waals surface area contributed by atoms with Gasteiger partial charge in [0.25, 0.3) is 5.91 Å². The van der Waals surface area contributed by atoms with E-state index < -0.39 is 0 Å². The lowest BCUT2D eigenvalue weighted by Crippen LogP contribution is -2.24. The van der Waals surface area contributed by atoms with Gasteiger partial charge in [0.15, 0.2) is 0 Å². The molecule has 0 unspecified atom stereocenters. The summed E-state index contributed by atoms with van der Waals surface area (Å²) in [5.41, 5.74) is 1.02. The molecule has 1 aromatic carbocycles. The van der Waals surface area contributed by atoms with Gasteiger partial charge in [-0.25, -0.2) is 9.97 Å². The van der Waals surface area contributed by atoms with E-state index in [0.717, 1.165) is 17.2 Å². The van der Waals surface area contributed by atoms with Crippen LogP contribution in [0, 0.1) is 0 Å². The largest absolute Gasteiger partial charge is 0.497 e. The predicted molar refractivity (Wildman–Crippen MR) is 104 cm³/mol. The Morgan fingerprint density at radius 3 is 2.50 bits per heavy atom. The van der Waals surface area contributed by atoms with Crippen molar-refractivity contribution in [2.24, 2.45) is 0 Å². The summed E-state index contributed by atoms with van der Waals surface area (Å²) >= 11 is 0. The third kappa shape index (κ3) is 5.66. The lowest BCUT2D eigenvalue weighted by molar-refractivity contribution is 0.0945. The van der Waals surface area contributed by atoms with Crippen molar-refractivity contribution in [1.82, 2.24) is 20.3 Å². The van der Waals surface area contributed by atoms with Crippen molar-refractivity contribution in [3.63, 3.8) is 0 Å². The molecule has 0 bridgehead atoms. The van der Waals surface area contributed by atoms with Crippen LogP contribution in [0.3, 0.4) is 0 Å². The van der Waals surface area contributed by atoms with Gasteiger partial charge in [0.1, 0.15) is 29.6 Å². The first-order valence-electron chi connectivity index (χ1n) is 8.75. The van der Waals surface area contributed by atoms with Crippen LogP contribution in [0.25, 0.3) is 0 Å². The number of ether oxygens (including phenoxy) is 2. The first-order chi connectivity index (χ1) is 13.7. The van der Waals surface area contributed by atoms with E-state index in [4.69, 9.17) is 9.47 Å². The number of nitrogens with zero attached hydrogens (tertiary/aromatic N) is 3. The fraction of sp³-hybridized carbons (Fsp3) is 0.200. The van der Waals surface area contributed by atoms with E-state index in [2.05, 4.69) is 25.6 Å². The summed E-state index contributed by atoms with van der Waals surface area (Å²) in [6.07, 6.45) is 4.63. The molecule has 0 saturated heterocycles. The highest BCUT2D eigenvalue weighted by Crippen LogP contribution is 2.16. The molecule has 0 spiro atoms. The van der Waals surface area contributed by atoms with Gasteiger partial charge < -0.3 is 20.1 Å². The minimum Gasteiger partial charge on any atom is -0.497 e. The average Bonchev–Trinajstić information content (AvgIpc) is 2.76. The second-order valence-corrected chi connectivity index (χ2v) is 5.74. The number of benzene rings is 1. The van der Waals surface area contributed by atoms with Crippen LogP contribution >= 0.6 is 0 Å². The minimum absolute atomic E-state index is 0.246. The number of carbonyl (C=O) groups is 1. The van der Waals surface area contributed by atoms with Crippen molar-refractivity contribution < 1.29 is 14.3 Å². The SMILES string of the molecule is COc1ccc(OCCNc2cnc(C(=O)NCc3ccccn3)cn2)cc1. The molecule has 1 amide bonds. The van der Waals surface area contributed by atoms with Crippen molar-refractivity contribution in [3.05, 3.63) is 72.4 Å². The van der Waals surface area contributed by atoms with Gasteiger partial charge in [0.05, 0.1) is 38.3 Å². The second-order valence-electron chi connectivity index (χ2n) is 5.74. The van der Waals surface area contributed by atoms with Gasteiger partial charge >= 0.3 is 0 Å². The molecule has 28 heavy (non-hydrogen) atoms. The summed E-state index contributed by atoms with van der Waals surface area (Å²) in [5, 5.41) is 5.86. The van der Waals surface area contributed by atoms with Gasteiger partial charge in [-0.15, -0.1) is 0 Å². The van der Waals surface area contributed by atoms with Crippen molar-refractivity contribution in [2.75, 3.05) is 25.6 Å². The zero-order valence-corrected chi connectivity index (χ0v) is 15.5. The Labute approximate surface area is 163 Å². The van der Waals surface area contributed by atoms with Crippen LogP contribution in [-0.2, 0) is 6.54 Å². The van der Waals surface area contributed by atoms with E-state index in [0.29, 0.717) is 25.5 Å². The molecule has 144 valence electrons. The van der Waals surface area contributed by atoms with E-state index >= 15 is 0 Å². The van der Waals surface area contributed by atoms with Gasteiger partial charge in [-0.2, -0.15) is 0 Å². The van der Waals surface area contributed by atoms with Gasteiger partial charge in [0.2, 0.25) is 0 Å².